The van der Waals surface area contributed by atoms with Gasteiger partial charge in [-0.15, -0.1) is 0 Å². The van der Waals surface area contributed by atoms with Crippen LogP contribution >= 0.6 is 0 Å². The van der Waals surface area contributed by atoms with Crippen molar-refractivity contribution < 1.29 is 0 Å². The van der Waals surface area contributed by atoms with E-state index in [0.29, 0.717) is 0 Å². The molecule has 0 saturated heterocycles. The first-order valence-corrected chi connectivity index (χ1v) is 7.52. The molecule has 2 aromatic heterocycles. The summed E-state index contributed by atoms with van der Waals surface area (Å²) in [6.07, 6.45) is 3.37. The Kier molecular flexibility index (Phi) is 3.45. The molecule has 23 heavy (non-hydrogen) atoms. The molecule has 1 N–H and O–H groups in total. The number of aromatic amines is 1. The number of para-hydroxylation sites is 3. The van der Waals surface area contributed by atoms with E-state index in [1.165, 1.54) is 21.8 Å². The summed E-state index contributed by atoms with van der Waals surface area (Å²) in [6, 6.07) is 24.7. The molecule has 3 nitrogen and oxygen atoms in total. The minimum Gasteiger partial charge on any atom is -0.355 e. The van der Waals surface area contributed by atoms with E-state index in [0.717, 1.165) is 10.9 Å². The summed E-state index contributed by atoms with van der Waals surface area (Å²) in [5, 5.41) is 3.70. The van der Waals surface area contributed by atoms with Crippen molar-refractivity contribution in [3.63, 3.8) is 0 Å². The van der Waals surface area contributed by atoms with Crippen LogP contribution in [0.25, 0.3) is 32.7 Å². The third-order valence-electron chi connectivity index (χ3n) is 3.83. The molecule has 0 radical (unpaired) electrons. The predicted molar refractivity (Wildman–Crippen MR) is 95.3 cm³/mol. The number of H-pyrrole nitrogens is 1. The van der Waals surface area contributed by atoms with Crippen LogP contribution < -0.4 is 0 Å². The van der Waals surface area contributed by atoms with Gasteiger partial charge < -0.3 is 4.98 Å². The van der Waals surface area contributed by atoms with Gasteiger partial charge in [0.2, 0.25) is 0 Å². The molecule has 0 bridgehead atoms. The van der Waals surface area contributed by atoms with Crippen LogP contribution in [0.2, 0.25) is 0 Å². The fraction of sp³-hybridized carbons (Fsp3) is 0. The Labute approximate surface area is 133 Å². The van der Waals surface area contributed by atoms with E-state index < -0.39 is 0 Å². The van der Waals surface area contributed by atoms with Crippen LogP contribution in [0.1, 0.15) is 0 Å². The van der Waals surface area contributed by atoms with E-state index in [2.05, 4.69) is 63.5 Å². The van der Waals surface area contributed by atoms with Gasteiger partial charge >= 0.3 is 0 Å². The molecular weight excluding hydrogens is 282 g/mol. The zero-order valence-electron chi connectivity index (χ0n) is 12.5. The highest BCUT2D eigenvalue weighted by atomic mass is 14.8. The van der Waals surface area contributed by atoms with Crippen molar-refractivity contribution in [1.82, 2.24) is 15.0 Å². The van der Waals surface area contributed by atoms with E-state index in [1.807, 2.05) is 30.5 Å². The Balaban J connectivity index is 0.000000122. The van der Waals surface area contributed by atoms with Crippen LogP contribution in [-0.4, -0.2) is 15.0 Å². The molecule has 0 aliphatic carbocycles. The van der Waals surface area contributed by atoms with Gasteiger partial charge in [0.1, 0.15) is 6.33 Å². The number of nitrogens with one attached hydrogen (secondary N) is 1. The molecule has 2 heterocycles. The van der Waals surface area contributed by atoms with Gasteiger partial charge in [-0.3, -0.25) is 0 Å². The number of aromatic nitrogens is 3. The van der Waals surface area contributed by atoms with E-state index in [-0.39, 0.29) is 0 Å². The molecule has 0 unspecified atom stereocenters. The highest BCUT2D eigenvalue weighted by Gasteiger charge is 2.00. The third-order valence-corrected chi connectivity index (χ3v) is 3.83. The van der Waals surface area contributed by atoms with Crippen molar-refractivity contribution in [3.8, 4) is 0 Å². The number of hydrogen-bond acceptors (Lipinski definition) is 2. The second-order valence-corrected chi connectivity index (χ2v) is 5.30. The lowest BCUT2D eigenvalue weighted by Crippen LogP contribution is -1.77. The fourth-order valence-corrected chi connectivity index (χ4v) is 2.72. The van der Waals surface area contributed by atoms with Crippen LogP contribution in [0.5, 0.6) is 0 Å². The molecule has 0 aliphatic rings. The highest BCUT2D eigenvalue weighted by Crippen LogP contribution is 2.24. The average molecular weight is 297 g/mol. The largest absolute Gasteiger partial charge is 0.355 e. The van der Waals surface area contributed by atoms with Crippen molar-refractivity contribution >= 4 is 32.7 Å². The number of rotatable bonds is 0. The Morgan fingerprint density at radius 2 is 1.26 bits per heavy atom. The monoisotopic (exact) mass is 297 g/mol. The molecule has 3 aromatic carbocycles. The lowest BCUT2D eigenvalue weighted by Gasteiger charge is -1.90. The number of hydrogen-bond donors (Lipinski definition) is 1. The number of fused-ring (bicyclic) bond motifs is 4. The molecule has 0 fully saturated rings. The van der Waals surface area contributed by atoms with Crippen molar-refractivity contribution in [2.75, 3.05) is 0 Å². The van der Waals surface area contributed by atoms with E-state index in [4.69, 9.17) is 0 Å². The van der Waals surface area contributed by atoms with Gasteiger partial charge in [0.05, 0.1) is 5.52 Å². The summed E-state index contributed by atoms with van der Waals surface area (Å²) < 4.78 is 0. The normalized spacial score (nSPS) is 10.6. The van der Waals surface area contributed by atoms with Gasteiger partial charge in [0, 0.05) is 33.4 Å². The number of nitrogens with zero attached hydrogens (tertiary/aromatic N) is 2. The maximum atomic E-state index is 4.07. The van der Waals surface area contributed by atoms with Crippen LogP contribution in [-0.2, 0) is 0 Å². The second kappa shape index (κ2) is 5.89. The quantitative estimate of drug-likeness (QED) is 0.439. The summed E-state index contributed by atoms with van der Waals surface area (Å²) in [5.41, 5.74) is 3.42. The Morgan fingerprint density at radius 1 is 0.652 bits per heavy atom. The molecule has 0 atom stereocenters. The van der Waals surface area contributed by atoms with Crippen molar-refractivity contribution in [2.45, 2.75) is 0 Å². The fourth-order valence-electron chi connectivity index (χ4n) is 2.72. The molecular formula is C20H15N3. The van der Waals surface area contributed by atoms with Gasteiger partial charge in [-0.2, -0.15) is 0 Å². The molecule has 0 spiro atoms. The summed E-state index contributed by atoms with van der Waals surface area (Å²) in [7, 11) is 0. The first-order chi connectivity index (χ1) is 11.4. The van der Waals surface area contributed by atoms with Crippen LogP contribution in [0.4, 0.5) is 0 Å². The van der Waals surface area contributed by atoms with Crippen LogP contribution in [0.3, 0.4) is 0 Å². The molecule has 0 aliphatic heterocycles. The molecule has 3 heteroatoms. The zero-order chi connectivity index (χ0) is 15.5. The summed E-state index contributed by atoms with van der Waals surface area (Å²) in [5.74, 6) is 0. The van der Waals surface area contributed by atoms with E-state index >= 15 is 0 Å². The molecule has 0 saturated carbocycles. The molecule has 5 rings (SSSR count). The van der Waals surface area contributed by atoms with Gasteiger partial charge in [-0.05, 0) is 18.2 Å². The van der Waals surface area contributed by atoms with Crippen LogP contribution in [0.15, 0.2) is 85.3 Å². The predicted octanol–water partition coefficient (Wildman–Crippen LogP) is 4.95. The van der Waals surface area contributed by atoms with Crippen molar-refractivity contribution in [1.29, 1.82) is 0 Å². The SMILES string of the molecule is c1ccc2c(c1)[nH]c1ccccc12.c1ccc2ncncc2c1. The smallest absolute Gasteiger partial charge is 0.116 e. The topological polar surface area (TPSA) is 41.6 Å². The second-order valence-electron chi connectivity index (χ2n) is 5.30. The van der Waals surface area contributed by atoms with Crippen molar-refractivity contribution in [2.24, 2.45) is 0 Å². The zero-order valence-corrected chi connectivity index (χ0v) is 12.5. The maximum absolute atomic E-state index is 4.07. The van der Waals surface area contributed by atoms with Gasteiger partial charge in [-0.1, -0.05) is 54.6 Å². The average Bonchev–Trinajstić information content (AvgIpc) is 3.01. The van der Waals surface area contributed by atoms with E-state index in [9.17, 15) is 0 Å². The van der Waals surface area contributed by atoms with Crippen LogP contribution in [0, 0.1) is 0 Å². The standard InChI is InChI=1S/C12H9N.C8H6N2/c1-3-7-11-9(5-1)10-6-2-4-8-12(10)13-11;1-2-4-8-7(3-1)5-9-6-10-8/h1-8,13H;1-6H. The van der Waals surface area contributed by atoms with Gasteiger partial charge in [-0.25, -0.2) is 9.97 Å². The Hall–Kier alpha value is -3.20. The first kappa shape index (κ1) is 13.5. The minimum absolute atomic E-state index is 0.998. The van der Waals surface area contributed by atoms with Crippen molar-refractivity contribution in [3.05, 3.63) is 85.3 Å². The molecule has 5 aromatic rings. The lowest BCUT2D eigenvalue weighted by atomic mass is 10.2. The molecule has 110 valence electrons. The van der Waals surface area contributed by atoms with Gasteiger partial charge in [0.25, 0.3) is 0 Å². The third kappa shape index (κ3) is 2.64. The molecule has 0 amide bonds. The summed E-state index contributed by atoms with van der Waals surface area (Å²) in [6.45, 7) is 0. The van der Waals surface area contributed by atoms with Gasteiger partial charge in [0.15, 0.2) is 0 Å². The Bertz CT molecular complexity index is 964. The summed E-state index contributed by atoms with van der Waals surface area (Å²) in [4.78, 5) is 11.3. The summed E-state index contributed by atoms with van der Waals surface area (Å²) >= 11 is 0. The first-order valence-electron chi connectivity index (χ1n) is 7.52. The Morgan fingerprint density at radius 3 is 1.96 bits per heavy atom. The minimum atomic E-state index is 0.998. The lowest BCUT2D eigenvalue weighted by molar-refractivity contribution is 1.22. The highest BCUT2D eigenvalue weighted by molar-refractivity contribution is 6.06. The number of benzene rings is 3. The van der Waals surface area contributed by atoms with E-state index in [1.54, 1.807) is 6.33 Å². The maximum Gasteiger partial charge on any atom is 0.116 e.